The number of fused-ring (bicyclic) bond motifs is 2. The van der Waals surface area contributed by atoms with E-state index in [0.717, 1.165) is 24.3 Å². The molecule has 0 radical (unpaired) electrons. The molecule has 154 valence electrons. The van der Waals surface area contributed by atoms with E-state index in [1.54, 1.807) is 11.3 Å². The fraction of sp³-hybridized carbons (Fsp3) is 0.750. The first kappa shape index (κ1) is 19.0. The maximum Gasteiger partial charge on any atom is 0.315 e. The van der Waals surface area contributed by atoms with E-state index in [0.29, 0.717) is 25.2 Å². The van der Waals surface area contributed by atoms with Crippen molar-refractivity contribution < 1.29 is 19.0 Å². The molecular weight excluding hydrogens is 396 g/mol. The van der Waals surface area contributed by atoms with Crippen LogP contribution in [-0.2, 0) is 9.47 Å². The number of carbonyl (C=O) groups excluding carboxylic acids is 1. The summed E-state index contributed by atoms with van der Waals surface area (Å²) in [5.74, 6) is 2.71. The standard InChI is InChI=1S/C20H28N2O4S2/c1-11-9-27-19-15(10-28-18(11)19)26-14-8-25-16-13(7-24-17(14)16)22-20(23)21-12-5-3-2-4-6-12/h10-14,16-17H,2-9H2,1H3,(H2,21,22,23)/t11?,13-,14+,16?,17-/m1/s1. The third-order valence-corrected chi connectivity index (χ3v) is 8.91. The van der Waals surface area contributed by atoms with Gasteiger partial charge in [0.05, 0.1) is 24.2 Å². The van der Waals surface area contributed by atoms with Crippen LogP contribution in [0.15, 0.2) is 10.3 Å². The monoisotopic (exact) mass is 424 g/mol. The first-order valence-corrected chi connectivity index (χ1v) is 12.3. The van der Waals surface area contributed by atoms with Gasteiger partial charge in [0.2, 0.25) is 0 Å². The van der Waals surface area contributed by atoms with Crippen molar-refractivity contribution in [1.29, 1.82) is 0 Å². The van der Waals surface area contributed by atoms with Crippen LogP contribution in [0.4, 0.5) is 4.79 Å². The van der Waals surface area contributed by atoms with Gasteiger partial charge in [0.15, 0.2) is 6.10 Å². The van der Waals surface area contributed by atoms with Crippen LogP contribution in [-0.4, -0.2) is 55.4 Å². The number of amides is 2. The van der Waals surface area contributed by atoms with Crippen molar-refractivity contribution in [3.63, 3.8) is 0 Å². The molecular formula is C20H28N2O4S2. The molecule has 6 nitrogen and oxygen atoms in total. The van der Waals surface area contributed by atoms with Crippen molar-refractivity contribution in [3.05, 3.63) is 10.3 Å². The van der Waals surface area contributed by atoms with E-state index >= 15 is 0 Å². The lowest BCUT2D eigenvalue weighted by molar-refractivity contribution is 0.0294. The molecule has 1 aromatic heterocycles. The molecule has 8 heteroatoms. The number of urea groups is 1. The Morgan fingerprint density at radius 3 is 2.82 bits per heavy atom. The van der Waals surface area contributed by atoms with Crippen molar-refractivity contribution in [2.45, 2.75) is 80.2 Å². The molecule has 2 amide bonds. The molecule has 3 fully saturated rings. The van der Waals surface area contributed by atoms with Crippen LogP contribution in [0.5, 0.6) is 5.75 Å². The number of thioether (sulfide) groups is 1. The zero-order chi connectivity index (χ0) is 19.1. The van der Waals surface area contributed by atoms with E-state index in [-0.39, 0.29) is 30.4 Å². The molecule has 1 aromatic rings. The van der Waals surface area contributed by atoms with Crippen LogP contribution in [0.1, 0.15) is 49.8 Å². The maximum absolute atomic E-state index is 12.4. The molecule has 0 bridgehead atoms. The SMILES string of the molecule is CC1CSc2c(O[C@H]3COC4[C@H](NC(=O)NC5CCCCC5)CO[C@@H]43)csc21. The van der Waals surface area contributed by atoms with Gasteiger partial charge in [0, 0.05) is 28.0 Å². The van der Waals surface area contributed by atoms with Gasteiger partial charge >= 0.3 is 6.03 Å². The Morgan fingerprint density at radius 1 is 1.14 bits per heavy atom. The van der Waals surface area contributed by atoms with Crippen molar-refractivity contribution in [2.75, 3.05) is 19.0 Å². The molecule has 2 N–H and O–H groups in total. The molecule has 2 saturated heterocycles. The predicted molar refractivity (Wildman–Crippen MR) is 110 cm³/mol. The summed E-state index contributed by atoms with van der Waals surface area (Å²) in [7, 11) is 0. The Labute approximate surface area is 174 Å². The summed E-state index contributed by atoms with van der Waals surface area (Å²) in [6.45, 7) is 3.24. The summed E-state index contributed by atoms with van der Waals surface area (Å²) in [4.78, 5) is 15.1. The Bertz CT molecular complexity index is 721. The quantitative estimate of drug-likeness (QED) is 0.774. The second-order valence-electron chi connectivity index (χ2n) is 8.32. The van der Waals surface area contributed by atoms with Gasteiger partial charge in [-0.3, -0.25) is 0 Å². The van der Waals surface area contributed by atoms with E-state index in [2.05, 4.69) is 22.9 Å². The molecule has 4 aliphatic rings. The number of rotatable bonds is 4. The Hall–Kier alpha value is -0.960. The lowest BCUT2D eigenvalue weighted by atomic mass is 9.96. The number of hydrogen-bond donors (Lipinski definition) is 2. The Morgan fingerprint density at radius 2 is 1.96 bits per heavy atom. The van der Waals surface area contributed by atoms with Crippen LogP contribution in [0.25, 0.3) is 0 Å². The fourth-order valence-corrected chi connectivity index (χ4v) is 7.30. The summed E-state index contributed by atoms with van der Waals surface area (Å²) in [5, 5.41) is 8.29. The topological polar surface area (TPSA) is 68.8 Å². The molecule has 3 aliphatic heterocycles. The summed E-state index contributed by atoms with van der Waals surface area (Å²) >= 11 is 3.67. The van der Waals surface area contributed by atoms with Gasteiger partial charge in [-0.25, -0.2) is 4.79 Å². The van der Waals surface area contributed by atoms with E-state index < -0.39 is 0 Å². The third-order valence-electron chi connectivity index (χ3n) is 6.21. The maximum atomic E-state index is 12.4. The second kappa shape index (κ2) is 8.05. The number of nitrogens with one attached hydrogen (secondary N) is 2. The van der Waals surface area contributed by atoms with Crippen LogP contribution in [0.3, 0.4) is 0 Å². The minimum atomic E-state index is -0.139. The normalized spacial score (nSPS) is 34.8. The van der Waals surface area contributed by atoms with E-state index in [4.69, 9.17) is 14.2 Å². The Kier molecular flexibility index (Phi) is 5.47. The highest BCUT2D eigenvalue weighted by molar-refractivity contribution is 8.00. The molecule has 0 aromatic carbocycles. The zero-order valence-electron chi connectivity index (χ0n) is 16.1. The molecule has 0 spiro atoms. The van der Waals surface area contributed by atoms with Crippen LogP contribution >= 0.6 is 23.1 Å². The average molecular weight is 425 g/mol. The number of hydrogen-bond acceptors (Lipinski definition) is 6. The smallest absolute Gasteiger partial charge is 0.315 e. The lowest BCUT2D eigenvalue weighted by Crippen LogP contribution is -2.51. The fourth-order valence-electron chi connectivity index (χ4n) is 4.69. The van der Waals surface area contributed by atoms with Crippen molar-refractivity contribution in [1.82, 2.24) is 10.6 Å². The summed E-state index contributed by atoms with van der Waals surface area (Å²) < 4.78 is 18.3. The van der Waals surface area contributed by atoms with E-state index in [1.807, 2.05) is 11.8 Å². The van der Waals surface area contributed by atoms with Crippen molar-refractivity contribution in [2.24, 2.45) is 0 Å². The van der Waals surface area contributed by atoms with Gasteiger partial charge in [0.1, 0.15) is 18.0 Å². The molecule has 5 rings (SSSR count). The molecule has 1 saturated carbocycles. The number of thiophene rings is 1. The number of ether oxygens (including phenoxy) is 3. The van der Waals surface area contributed by atoms with Crippen molar-refractivity contribution >= 4 is 29.1 Å². The van der Waals surface area contributed by atoms with Gasteiger partial charge < -0.3 is 24.8 Å². The van der Waals surface area contributed by atoms with Gasteiger partial charge in [-0.15, -0.1) is 23.1 Å². The molecule has 5 atom stereocenters. The minimum absolute atomic E-state index is 0.102. The largest absolute Gasteiger partial charge is 0.483 e. The Balaban J connectivity index is 1.16. The molecule has 28 heavy (non-hydrogen) atoms. The van der Waals surface area contributed by atoms with Gasteiger partial charge in [-0.1, -0.05) is 26.2 Å². The molecule has 1 aliphatic carbocycles. The molecule has 2 unspecified atom stereocenters. The lowest BCUT2D eigenvalue weighted by Gasteiger charge is -2.24. The second-order valence-corrected chi connectivity index (χ2v) is 10.3. The highest BCUT2D eigenvalue weighted by atomic mass is 32.2. The highest BCUT2D eigenvalue weighted by Gasteiger charge is 2.50. The average Bonchev–Trinajstić information content (AvgIpc) is 3.44. The minimum Gasteiger partial charge on any atom is -0.483 e. The summed E-state index contributed by atoms with van der Waals surface area (Å²) in [6.07, 6.45) is 5.46. The van der Waals surface area contributed by atoms with E-state index in [9.17, 15) is 4.79 Å². The van der Waals surface area contributed by atoms with Crippen LogP contribution in [0, 0.1) is 0 Å². The first-order chi connectivity index (χ1) is 13.7. The van der Waals surface area contributed by atoms with Crippen LogP contribution < -0.4 is 15.4 Å². The van der Waals surface area contributed by atoms with E-state index in [1.165, 1.54) is 29.0 Å². The summed E-state index contributed by atoms with van der Waals surface area (Å²) in [5.41, 5.74) is 0. The molecule has 4 heterocycles. The first-order valence-electron chi connectivity index (χ1n) is 10.4. The number of carbonyl (C=O) groups is 1. The van der Waals surface area contributed by atoms with Gasteiger partial charge in [-0.05, 0) is 12.8 Å². The van der Waals surface area contributed by atoms with Crippen LogP contribution in [0.2, 0.25) is 0 Å². The summed E-state index contributed by atoms with van der Waals surface area (Å²) in [6, 6.07) is 0.0768. The predicted octanol–water partition coefficient (Wildman–Crippen LogP) is 3.50. The zero-order valence-corrected chi connectivity index (χ0v) is 17.8. The third kappa shape index (κ3) is 3.64. The van der Waals surface area contributed by atoms with Crippen molar-refractivity contribution in [3.8, 4) is 5.75 Å². The van der Waals surface area contributed by atoms with Gasteiger partial charge in [-0.2, -0.15) is 0 Å². The highest BCUT2D eigenvalue weighted by Crippen LogP contribution is 2.49. The van der Waals surface area contributed by atoms with Gasteiger partial charge in [0.25, 0.3) is 0 Å².